The van der Waals surface area contributed by atoms with Crippen LogP contribution in [-0.4, -0.2) is 0 Å². The molecule has 2 nitrogen and oxygen atoms in total. The Kier molecular flexibility index (Phi) is 5.05. The number of hydrogen-bond donors (Lipinski definition) is 0. The molecule has 0 amide bonds. The van der Waals surface area contributed by atoms with Crippen molar-refractivity contribution < 1.29 is 4.74 Å². The van der Waals surface area contributed by atoms with Crippen molar-refractivity contribution in [2.75, 3.05) is 0 Å². The average Bonchev–Trinajstić information content (AvgIpc) is 2.46. The monoisotopic (exact) mass is 349 g/mol. The van der Waals surface area contributed by atoms with Gasteiger partial charge in [-0.05, 0) is 52.2 Å². The molecule has 2 rings (SSSR count). The molecule has 102 valence electrons. The van der Waals surface area contributed by atoms with E-state index in [1.807, 2.05) is 37.3 Å². The van der Waals surface area contributed by atoms with Gasteiger partial charge in [0.25, 0.3) is 0 Å². The molecule has 0 aliphatic carbocycles. The topological polar surface area (TPSA) is 33.0 Å². The summed E-state index contributed by atoms with van der Waals surface area (Å²) in [5, 5.41) is 8.86. The second kappa shape index (κ2) is 6.78. The molecule has 4 heteroatoms. The summed E-state index contributed by atoms with van der Waals surface area (Å²) >= 11 is 9.40. The fraction of sp³-hybridized carbons (Fsp3) is 0.188. The first-order chi connectivity index (χ1) is 9.65. The van der Waals surface area contributed by atoms with Gasteiger partial charge in [-0.3, -0.25) is 0 Å². The minimum Gasteiger partial charge on any atom is -0.487 e. The normalized spacial score (nSPS) is 10.1. The number of para-hydroxylation sites is 1. The molecule has 20 heavy (non-hydrogen) atoms. The van der Waals surface area contributed by atoms with E-state index in [0.717, 1.165) is 26.9 Å². The van der Waals surface area contributed by atoms with Gasteiger partial charge in [0.2, 0.25) is 0 Å². The predicted molar refractivity (Wildman–Crippen MR) is 83.9 cm³/mol. The Balaban J connectivity index is 2.19. The summed E-state index contributed by atoms with van der Waals surface area (Å²) in [7, 11) is 0. The number of nitriles is 1. The highest BCUT2D eigenvalue weighted by Crippen LogP contribution is 2.31. The third-order valence-corrected chi connectivity index (χ3v) is 3.95. The first-order valence-corrected chi connectivity index (χ1v) is 7.44. The van der Waals surface area contributed by atoms with Crippen molar-refractivity contribution >= 4 is 27.5 Å². The maximum atomic E-state index is 8.86. The van der Waals surface area contributed by atoms with E-state index in [1.165, 1.54) is 0 Å². The van der Waals surface area contributed by atoms with Gasteiger partial charge in [0.15, 0.2) is 0 Å². The Morgan fingerprint density at radius 1 is 1.25 bits per heavy atom. The van der Waals surface area contributed by atoms with Crippen LogP contribution in [0.15, 0.2) is 40.9 Å². The van der Waals surface area contributed by atoms with Gasteiger partial charge in [-0.1, -0.05) is 18.2 Å². The van der Waals surface area contributed by atoms with Crippen LogP contribution in [-0.2, 0) is 12.5 Å². The third-order valence-electron chi connectivity index (χ3n) is 3.04. The highest BCUT2D eigenvalue weighted by atomic mass is 79.9. The zero-order chi connectivity index (χ0) is 14.5. The zero-order valence-electron chi connectivity index (χ0n) is 11.0. The Bertz CT molecular complexity index is 664. The van der Waals surface area contributed by atoms with E-state index < -0.39 is 0 Å². The van der Waals surface area contributed by atoms with Crippen LogP contribution in [0, 0.1) is 18.3 Å². The number of benzene rings is 2. The summed E-state index contributed by atoms with van der Waals surface area (Å²) in [6.07, 6.45) is 0. The van der Waals surface area contributed by atoms with Gasteiger partial charge in [0, 0.05) is 5.56 Å². The molecule has 2 aromatic rings. The number of nitrogens with zero attached hydrogens (tertiary/aromatic N) is 1. The zero-order valence-corrected chi connectivity index (χ0v) is 13.3. The number of alkyl halides is 1. The van der Waals surface area contributed by atoms with E-state index in [4.69, 9.17) is 21.6 Å². The first-order valence-electron chi connectivity index (χ1n) is 6.11. The average molecular weight is 351 g/mol. The number of ether oxygens (including phenoxy) is 1. The Hall–Kier alpha value is -1.50. The first kappa shape index (κ1) is 14.9. The molecular formula is C16H13BrClNO. The molecule has 0 saturated heterocycles. The van der Waals surface area contributed by atoms with E-state index >= 15 is 0 Å². The van der Waals surface area contributed by atoms with Gasteiger partial charge in [0.1, 0.15) is 12.4 Å². The van der Waals surface area contributed by atoms with Crippen molar-refractivity contribution in [2.45, 2.75) is 19.4 Å². The molecule has 0 aliphatic heterocycles. The molecule has 0 heterocycles. The molecular weight excluding hydrogens is 338 g/mol. The highest BCUT2D eigenvalue weighted by Gasteiger charge is 2.08. The number of rotatable bonds is 4. The Labute approximate surface area is 132 Å². The van der Waals surface area contributed by atoms with Gasteiger partial charge in [0.05, 0.1) is 22.0 Å². The molecule has 0 bridgehead atoms. The van der Waals surface area contributed by atoms with Crippen LogP contribution in [0.2, 0.25) is 0 Å². The molecule has 0 N–H and O–H groups in total. The largest absolute Gasteiger partial charge is 0.487 e. The van der Waals surface area contributed by atoms with Crippen LogP contribution in [0.1, 0.15) is 22.3 Å². The lowest BCUT2D eigenvalue weighted by molar-refractivity contribution is 0.301. The molecule has 0 fully saturated rings. The van der Waals surface area contributed by atoms with Crippen molar-refractivity contribution in [2.24, 2.45) is 0 Å². The predicted octanol–water partition coefficient (Wildman–Crippen LogP) is 4.95. The fourth-order valence-corrected chi connectivity index (χ4v) is 2.63. The molecule has 0 saturated carbocycles. The molecule has 0 unspecified atom stereocenters. The van der Waals surface area contributed by atoms with Crippen molar-refractivity contribution in [1.29, 1.82) is 5.26 Å². The van der Waals surface area contributed by atoms with Crippen LogP contribution in [0.5, 0.6) is 5.75 Å². The van der Waals surface area contributed by atoms with Crippen molar-refractivity contribution in [1.82, 2.24) is 0 Å². The quantitative estimate of drug-likeness (QED) is 0.731. The van der Waals surface area contributed by atoms with Crippen molar-refractivity contribution in [3.05, 3.63) is 63.1 Å². The maximum absolute atomic E-state index is 8.86. The molecule has 0 aromatic heterocycles. The van der Waals surface area contributed by atoms with Gasteiger partial charge in [-0.15, -0.1) is 11.6 Å². The van der Waals surface area contributed by atoms with E-state index in [1.54, 1.807) is 6.07 Å². The van der Waals surface area contributed by atoms with E-state index in [2.05, 4.69) is 22.0 Å². The summed E-state index contributed by atoms with van der Waals surface area (Å²) in [6, 6.07) is 13.5. The smallest absolute Gasteiger partial charge is 0.138 e. The number of hydrogen-bond acceptors (Lipinski definition) is 2. The van der Waals surface area contributed by atoms with Gasteiger partial charge >= 0.3 is 0 Å². The standard InChI is InChI=1S/C16H13BrClNO/c1-11-7-12(9-19)5-6-14(11)10-20-16-13(8-18)3-2-4-15(16)17/h2-7H,8,10H2,1H3. The van der Waals surface area contributed by atoms with Gasteiger partial charge in [-0.25, -0.2) is 0 Å². The molecule has 0 spiro atoms. The SMILES string of the molecule is Cc1cc(C#N)ccc1COc1c(Br)cccc1CCl. The van der Waals surface area contributed by atoms with Crippen LogP contribution in [0.3, 0.4) is 0 Å². The van der Waals surface area contributed by atoms with Gasteiger partial charge in [-0.2, -0.15) is 5.26 Å². The summed E-state index contributed by atoms with van der Waals surface area (Å²) < 4.78 is 6.78. The van der Waals surface area contributed by atoms with Crippen LogP contribution >= 0.6 is 27.5 Å². The Morgan fingerprint density at radius 2 is 2.05 bits per heavy atom. The summed E-state index contributed by atoms with van der Waals surface area (Å²) in [5.41, 5.74) is 3.71. The Morgan fingerprint density at radius 3 is 2.70 bits per heavy atom. The van der Waals surface area contributed by atoms with E-state index in [-0.39, 0.29) is 0 Å². The number of aryl methyl sites for hydroxylation is 1. The van der Waals surface area contributed by atoms with Crippen LogP contribution in [0.25, 0.3) is 0 Å². The lowest BCUT2D eigenvalue weighted by atomic mass is 10.1. The maximum Gasteiger partial charge on any atom is 0.138 e. The lowest BCUT2D eigenvalue weighted by Crippen LogP contribution is -2.01. The highest BCUT2D eigenvalue weighted by molar-refractivity contribution is 9.10. The summed E-state index contributed by atoms with van der Waals surface area (Å²) in [4.78, 5) is 0. The molecule has 0 aliphatic rings. The fourth-order valence-electron chi connectivity index (χ4n) is 1.90. The minimum absolute atomic E-state index is 0.404. The second-order valence-corrected chi connectivity index (χ2v) is 5.53. The van der Waals surface area contributed by atoms with Crippen molar-refractivity contribution in [3.63, 3.8) is 0 Å². The summed E-state index contributed by atoms with van der Waals surface area (Å²) in [5.74, 6) is 1.17. The van der Waals surface area contributed by atoms with Crippen LogP contribution in [0.4, 0.5) is 0 Å². The third kappa shape index (κ3) is 3.33. The second-order valence-electron chi connectivity index (χ2n) is 4.40. The van der Waals surface area contributed by atoms with Crippen LogP contribution < -0.4 is 4.74 Å². The molecule has 0 atom stereocenters. The minimum atomic E-state index is 0.404. The van der Waals surface area contributed by atoms with E-state index in [0.29, 0.717) is 18.1 Å². The van der Waals surface area contributed by atoms with E-state index in [9.17, 15) is 0 Å². The molecule has 0 radical (unpaired) electrons. The molecule has 2 aromatic carbocycles. The summed E-state index contributed by atoms with van der Waals surface area (Å²) in [6.45, 7) is 2.42. The van der Waals surface area contributed by atoms with Crippen molar-refractivity contribution in [3.8, 4) is 11.8 Å². The number of halogens is 2. The van der Waals surface area contributed by atoms with Gasteiger partial charge < -0.3 is 4.74 Å². The lowest BCUT2D eigenvalue weighted by Gasteiger charge is -2.13.